The van der Waals surface area contributed by atoms with Crippen LogP contribution in [0.5, 0.6) is 0 Å². The van der Waals surface area contributed by atoms with E-state index < -0.39 is 11.7 Å². The van der Waals surface area contributed by atoms with Crippen LogP contribution in [-0.4, -0.2) is 28.9 Å². The molecule has 0 unspecified atom stereocenters. The summed E-state index contributed by atoms with van der Waals surface area (Å²) in [5, 5.41) is 2.23. The Hall–Kier alpha value is -3.15. The second-order valence-electron chi connectivity index (χ2n) is 8.24. The summed E-state index contributed by atoms with van der Waals surface area (Å²) in [6.45, 7) is 1.13. The summed E-state index contributed by atoms with van der Waals surface area (Å²) in [7, 11) is 0. The van der Waals surface area contributed by atoms with Gasteiger partial charge in [-0.15, -0.1) is 0 Å². The van der Waals surface area contributed by atoms with Crippen LogP contribution >= 0.6 is 0 Å². The Balaban J connectivity index is 1.28. The van der Waals surface area contributed by atoms with Crippen molar-refractivity contribution in [2.24, 2.45) is 5.92 Å². The Morgan fingerprint density at radius 2 is 1.90 bits per heavy atom. The molecule has 1 fully saturated rings. The van der Waals surface area contributed by atoms with Gasteiger partial charge in [-0.25, -0.2) is 0 Å². The standard InChI is InChI=1S/C25H21F3N2O/c26-25(27,28)19-6-3-5-17(12-19)21-13-22(21)24(31)30-10-8-16(9-11-30)23-15-29-14-18-4-1-2-7-20(18)23/h1-8,12,14-15,21-22H,9-11,13H2/t21-,22-/m0/s1. The van der Waals surface area contributed by atoms with Crippen molar-refractivity contribution in [2.75, 3.05) is 13.1 Å². The number of halogens is 3. The van der Waals surface area contributed by atoms with Crippen LogP contribution < -0.4 is 0 Å². The first kappa shape index (κ1) is 19.8. The van der Waals surface area contributed by atoms with Crippen molar-refractivity contribution in [1.29, 1.82) is 0 Å². The molecule has 31 heavy (non-hydrogen) atoms. The van der Waals surface area contributed by atoms with Crippen molar-refractivity contribution in [3.8, 4) is 0 Å². The normalized spacial score (nSPS) is 21.1. The highest BCUT2D eigenvalue weighted by Crippen LogP contribution is 2.49. The van der Waals surface area contributed by atoms with Crippen LogP contribution in [0, 0.1) is 5.92 Å². The first-order chi connectivity index (χ1) is 14.9. The molecular weight excluding hydrogens is 401 g/mol. The maximum Gasteiger partial charge on any atom is 0.416 e. The number of hydrogen-bond acceptors (Lipinski definition) is 2. The van der Waals surface area contributed by atoms with Crippen molar-refractivity contribution in [3.63, 3.8) is 0 Å². The smallest absolute Gasteiger partial charge is 0.338 e. The van der Waals surface area contributed by atoms with Gasteiger partial charge in [0, 0.05) is 42.4 Å². The molecule has 1 aliphatic carbocycles. The molecule has 1 amide bonds. The molecule has 3 aromatic rings. The van der Waals surface area contributed by atoms with E-state index in [2.05, 4.69) is 17.1 Å². The number of fused-ring (bicyclic) bond motifs is 1. The molecular formula is C25H21F3N2O. The Labute approximate surface area is 178 Å². The van der Waals surface area contributed by atoms with Gasteiger partial charge in [-0.2, -0.15) is 13.2 Å². The molecule has 2 aliphatic rings. The lowest BCUT2D eigenvalue weighted by Crippen LogP contribution is -2.36. The summed E-state index contributed by atoms with van der Waals surface area (Å²) >= 11 is 0. The molecule has 2 atom stereocenters. The van der Waals surface area contributed by atoms with Crippen LogP contribution in [0.1, 0.15) is 35.4 Å². The van der Waals surface area contributed by atoms with Crippen molar-refractivity contribution < 1.29 is 18.0 Å². The predicted octanol–water partition coefficient (Wildman–Crippen LogP) is 5.67. The van der Waals surface area contributed by atoms with E-state index in [1.165, 1.54) is 17.7 Å². The van der Waals surface area contributed by atoms with E-state index in [-0.39, 0.29) is 17.7 Å². The Kier molecular flexibility index (Phi) is 4.80. The summed E-state index contributed by atoms with van der Waals surface area (Å²) in [6, 6.07) is 13.5. The minimum Gasteiger partial charge on any atom is -0.338 e. The number of aromatic nitrogens is 1. The topological polar surface area (TPSA) is 33.2 Å². The lowest BCUT2D eigenvalue weighted by atomic mass is 9.96. The van der Waals surface area contributed by atoms with E-state index >= 15 is 0 Å². The van der Waals surface area contributed by atoms with Crippen molar-refractivity contribution in [3.05, 3.63) is 83.7 Å². The predicted molar refractivity (Wildman–Crippen MR) is 113 cm³/mol. The van der Waals surface area contributed by atoms with Gasteiger partial charge in [-0.3, -0.25) is 9.78 Å². The Morgan fingerprint density at radius 3 is 2.68 bits per heavy atom. The highest BCUT2D eigenvalue weighted by atomic mass is 19.4. The maximum absolute atomic E-state index is 13.0. The van der Waals surface area contributed by atoms with Crippen molar-refractivity contribution in [2.45, 2.75) is 24.9 Å². The SMILES string of the molecule is O=C([C@H]1C[C@H]1c1cccc(C(F)(F)F)c1)N1CC=C(c2cncc3ccccc23)CC1. The zero-order valence-corrected chi connectivity index (χ0v) is 16.8. The van der Waals surface area contributed by atoms with Gasteiger partial charge in [0.1, 0.15) is 0 Å². The van der Waals surface area contributed by atoms with Crippen LogP contribution in [-0.2, 0) is 11.0 Å². The molecule has 3 nitrogen and oxygen atoms in total. The number of carbonyl (C=O) groups is 1. The molecule has 0 bridgehead atoms. The minimum atomic E-state index is -4.37. The molecule has 0 radical (unpaired) electrons. The lowest BCUT2D eigenvalue weighted by Gasteiger charge is -2.27. The number of alkyl halides is 3. The molecule has 1 aromatic heterocycles. The molecule has 1 saturated carbocycles. The number of hydrogen-bond donors (Lipinski definition) is 0. The van der Waals surface area contributed by atoms with Crippen molar-refractivity contribution in [1.82, 2.24) is 9.88 Å². The lowest BCUT2D eigenvalue weighted by molar-refractivity contribution is -0.137. The molecule has 0 spiro atoms. The average Bonchev–Trinajstić information content (AvgIpc) is 3.59. The first-order valence-electron chi connectivity index (χ1n) is 10.4. The van der Waals surface area contributed by atoms with Gasteiger partial charge < -0.3 is 4.90 Å². The van der Waals surface area contributed by atoms with E-state index in [9.17, 15) is 18.0 Å². The molecule has 2 aromatic carbocycles. The fraction of sp³-hybridized carbons (Fsp3) is 0.280. The molecule has 158 valence electrons. The van der Waals surface area contributed by atoms with Crippen LogP contribution in [0.3, 0.4) is 0 Å². The number of pyridine rings is 1. The van der Waals surface area contributed by atoms with Crippen LogP contribution in [0.2, 0.25) is 0 Å². The van der Waals surface area contributed by atoms with Gasteiger partial charge in [-0.1, -0.05) is 48.5 Å². The van der Waals surface area contributed by atoms with Crippen LogP contribution in [0.25, 0.3) is 16.3 Å². The summed E-state index contributed by atoms with van der Waals surface area (Å²) in [4.78, 5) is 19.1. The quantitative estimate of drug-likeness (QED) is 0.545. The highest BCUT2D eigenvalue weighted by Gasteiger charge is 2.46. The van der Waals surface area contributed by atoms with E-state index in [0.717, 1.165) is 28.8 Å². The second kappa shape index (κ2) is 7.52. The van der Waals surface area contributed by atoms with Crippen LogP contribution in [0.15, 0.2) is 67.0 Å². The van der Waals surface area contributed by atoms with Gasteiger partial charge in [-0.05, 0) is 41.3 Å². The Morgan fingerprint density at radius 1 is 1.06 bits per heavy atom. The van der Waals surface area contributed by atoms with E-state index in [0.29, 0.717) is 25.1 Å². The summed E-state index contributed by atoms with van der Waals surface area (Å²) in [6.07, 6.45) is 2.78. The van der Waals surface area contributed by atoms with E-state index in [1.54, 1.807) is 6.07 Å². The number of benzene rings is 2. The van der Waals surface area contributed by atoms with Gasteiger partial charge in [0.05, 0.1) is 5.56 Å². The second-order valence-corrected chi connectivity index (χ2v) is 8.24. The first-order valence-corrected chi connectivity index (χ1v) is 10.4. The largest absolute Gasteiger partial charge is 0.416 e. The number of carbonyl (C=O) groups excluding carboxylic acids is 1. The number of nitrogens with zero attached hydrogens (tertiary/aromatic N) is 2. The monoisotopic (exact) mass is 422 g/mol. The fourth-order valence-electron chi connectivity index (χ4n) is 4.50. The minimum absolute atomic E-state index is 0.0359. The van der Waals surface area contributed by atoms with Crippen LogP contribution in [0.4, 0.5) is 13.2 Å². The van der Waals surface area contributed by atoms with Gasteiger partial charge in [0.15, 0.2) is 0 Å². The molecule has 0 N–H and O–H groups in total. The summed E-state index contributed by atoms with van der Waals surface area (Å²) in [5.74, 6) is -0.311. The zero-order chi connectivity index (χ0) is 21.6. The van der Waals surface area contributed by atoms with Crippen molar-refractivity contribution >= 4 is 22.3 Å². The Bertz CT molecular complexity index is 1180. The van der Waals surface area contributed by atoms with Gasteiger partial charge in [0.2, 0.25) is 5.91 Å². The third-order valence-electron chi connectivity index (χ3n) is 6.28. The highest BCUT2D eigenvalue weighted by molar-refractivity contribution is 5.93. The molecule has 1 aliphatic heterocycles. The molecule has 6 heteroatoms. The number of rotatable bonds is 3. The maximum atomic E-state index is 13.0. The van der Waals surface area contributed by atoms with E-state index in [4.69, 9.17) is 0 Å². The van der Waals surface area contributed by atoms with Gasteiger partial charge >= 0.3 is 6.18 Å². The average molecular weight is 422 g/mol. The van der Waals surface area contributed by atoms with E-state index in [1.807, 2.05) is 35.5 Å². The third kappa shape index (κ3) is 3.82. The van der Waals surface area contributed by atoms with Gasteiger partial charge in [0.25, 0.3) is 0 Å². The molecule has 2 heterocycles. The zero-order valence-electron chi connectivity index (χ0n) is 16.8. The summed E-state index contributed by atoms with van der Waals surface area (Å²) < 4.78 is 39.0. The molecule has 5 rings (SSSR count). The number of amides is 1. The molecule has 0 saturated heterocycles. The summed E-state index contributed by atoms with van der Waals surface area (Å²) in [5.41, 5.74) is 2.22. The third-order valence-corrected chi connectivity index (χ3v) is 6.28. The fourth-order valence-corrected chi connectivity index (χ4v) is 4.50.